The van der Waals surface area contributed by atoms with E-state index in [2.05, 4.69) is 29.6 Å². The summed E-state index contributed by atoms with van der Waals surface area (Å²) < 4.78 is 5.50. The number of benzene rings is 2. The van der Waals surface area contributed by atoms with Crippen LogP contribution in [0.5, 0.6) is 0 Å². The third kappa shape index (κ3) is 3.86. The normalized spacial score (nSPS) is 12.8. The molecule has 0 saturated carbocycles. The van der Waals surface area contributed by atoms with E-state index in [0.29, 0.717) is 13.2 Å². The molecule has 1 aromatic heterocycles. The van der Waals surface area contributed by atoms with Gasteiger partial charge in [-0.3, -0.25) is 0 Å². The van der Waals surface area contributed by atoms with E-state index in [1.807, 2.05) is 48.6 Å². The van der Waals surface area contributed by atoms with Gasteiger partial charge in [0.2, 0.25) is 0 Å². The number of aliphatic hydroxyl groups is 1. The van der Waals surface area contributed by atoms with Crippen molar-refractivity contribution in [3.05, 3.63) is 87.6 Å². The van der Waals surface area contributed by atoms with Crippen LogP contribution in [0.25, 0.3) is 17.2 Å². The molecule has 0 unspecified atom stereocenters. The van der Waals surface area contributed by atoms with E-state index >= 15 is 0 Å². The Balaban J connectivity index is 1.32. The first-order valence-corrected chi connectivity index (χ1v) is 10.0. The average molecular weight is 391 g/mol. The maximum absolute atomic E-state index is 12.1. The number of hydrogen-bond donors (Lipinski definition) is 2. The molecule has 28 heavy (non-hydrogen) atoms. The van der Waals surface area contributed by atoms with Crippen molar-refractivity contribution in [3.63, 3.8) is 0 Å². The van der Waals surface area contributed by atoms with Crippen molar-refractivity contribution in [2.24, 2.45) is 0 Å². The van der Waals surface area contributed by atoms with Crippen molar-refractivity contribution < 1.29 is 14.6 Å². The second-order valence-electron chi connectivity index (χ2n) is 6.57. The molecule has 0 atom stereocenters. The van der Waals surface area contributed by atoms with Gasteiger partial charge in [0.15, 0.2) is 0 Å². The van der Waals surface area contributed by atoms with Gasteiger partial charge in [-0.1, -0.05) is 54.6 Å². The monoisotopic (exact) mass is 391 g/mol. The minimum absolute atomic E-state index is 0.0521. The highest BCUT2D eigenvalue weighted by Crippen LogP contribution is 2.44. The van der Waals surface area contributed by atoms with Gasteiger partial charge < -0.3 is 15.2 Å². The van der Waals surface area contributed by atoms with Gasteiger partial charge >= 0.3 is 6.09 Å². The van der Waals surface area contributed by atoms with Crippen LogP contribution in [-0.2, 0) is 11.3 Å². The van der Waals surface area contributed by atoms with Crippen molar-refractivity contribution >= 4 is 23.5 Å². The average Bonchev–Trinajstić information content (AvgIpc) is 3.32. The molecular weight excluding hydrogens is 370 g/mol. The lowest BCUT2D eigenvalue weighted by Crippen LogP contribution is -2.26. The van der Waals surface area contributed by atoms with Crippen LogP contribution >= 0.6 is 11.3 Å². The molecule has 1 heterocycles. The first-order valence-electron chi connectivity index (χ1n) is 9.21. The molecule has 0 spiro atoms. The van der Waals surface area contributed by atoms with E-state index in [0.717, 1.165) is 9.75 Å². The van der Waals surface area contributed by atoms with E-state index in [9.17, 15) is 4.79 Å². The predicted molar refractivity (Wildman–Crippen MR) is 112 cm³/mol. The highest BCUT2D eigenvalue weighted by atomic mass is 32.1. The van der Waals surface area contributed by atoms with Gasteiger partial charge in [0.05, 0.1) is 6.61 Å². The molecule has 1 aliphatic carbocycles. The van der Waals surface area contributed by atoms with Gasteiger partial charge in [-0.15, -0.1) is 11.3 Å². The molecule has 3 aromatic rings. The molecule has 0 saturated heterocycles. The van der Waals surface area contributed by atoms with Crippen LogP contribution in [-0.4, -0.2) is 24.4 Å². The fourth-order valence-corrected chi connectivity index (χ4v) is 4.34. The third-order valence-electron chi connectivity index (χ3n) is 4.83. The number of hydrogen-bond acceptors (Lipinski definition) is 4. The summed E-state index contributed by atoms with van der Waals surface area (Å²) >= 11 is 1.52. The van der Waals surface area contributed by atoms with Gasteiger partial charge in [-0.2, -0.15) is 0 Å². The molecule has 0 bridgehead atoms. The molecule has 1 aliphatic rings. The Morgan fingerprint density at radius 2 is 1.71 bits per heavy atom. The first kappa shape index (κ1) is 18.5. The summed E-state index contributed by atoms with van der Waals surface area (Å²) in [4.78, 5) is 14.0. The number of aliphatic hydroxyl groups excluding tert-OH is 1. The number of rotatable bonds is 6. The number of alkyl carbamates (subject to hydrolysis) is 1. The van der Waals surface area contributed by atoms with Gasteiger partial charge in [0.1, 0.15) is 6.61 Å². The maximum Gasteiger partial charge on any atom is 0.407 e. The zero-order valence-corrected chi connectivity index (χ0v) is 16.1. The summed E-state index contributed by atoms with van der Waals surface area (Å²) in [6.45, 7) is 0.758. The Hall–Kier alpha value is -2.89. The number of thiophene rings is 1. The van der Waals surface area contributed by atoms with E-state index in [4.69, 9.17) is 9.84 Å². The maximum atomic E-state index is 12.1. The zero-order valence-electron chi connectivity index (χ0n) is 15.3. The van der Waals surface area contributed by atoms with Crippen LogP contribution < -0.4 is 5.32 Å². The summed E-state index contributed by atoms with van der Waals surface area (Å²) in [5.74, 6) is 0.0664. The van der Waals surface area contributed by atoms with Crippen molar-refractivity contribution in [2.45, 2.75) is 12.5 Å². The van der Waals surface area contributed by atoms with Gasteiger partial charge in [-0.25, -0.2) is 4.79 Å². The molecule has 2 aromatic carbocycles. The second-order valence-corrected chi connectivity index (χ2v) is 7.77. The number of ether oxygens (including phenoxy) is 1. The van der Waals surface area contributed by atoms with Crippen LogP contribution in [0.1, 0.15) is 26.8 Å². The van der Waals surface area contributed by atoms with Crippen LogP contribution in [0, 0.1) is 0 Å². The summed E-state index contributed by atoms with van der Waals surface area (Å²) in [6, 6.07) is 20.4. The standard InChI is InChI=1S/C23H21NO3S/c25-14-17-12-11-16(28-17)6-5-13-24-23(26)27-15-22-20-9-3-1-7-18(20)19-8-2-4-10-21(19)22/h1-12,22,25H,13-15H2,(H,24,26). The lowest BCUT2D eigenvalue weighted by molar-refractivity contribution is 0.144. The molecule has 0 aliphatic heterocycles. The van der Waals surface area contributed by atoms with Gasteiger partial charge in [0.25, 0.3) is 0 Å². The van der Waals surface area contributed by atoms with Crippen molar-refractivity contribution in [3.8, 4) is 11.1 Å². The zero-order chi connectivity index (χ0) is 19.3. The predicted octanol–water partition coefficient (Wildman–Crippen LogP) is 4.79. The lowest BCUT2D eigenvalue weighted by Gasteiger charge is -2.14. The Morgan fingerprint density at radius 1 is 1.04 bits per heavy atom. The number of amides is 1. The molecule has 2 N–H and O–H groups in total. The highest BCUT2D eigenvalue weighted by molar-refractivity contribution is 7.12. The van der Waals surface area contributed by atoms with Crippen LogP contribution in [0.15, 0.2) is 66.7 Å². The summed E-state index contributed by atoms with van der Waals surface area (Å²) in [7, 11) is 0. The minimum Gasteiger partial charge on any atom is -0.449 e. The molecule has 4 rings (SSSR count). The fraction of sp³-hybridized carbons (Fsp3) is 0.174. The second kappa shape index (κ2) is 8.42. The van der Waals surface area contributed by atoms with Crippen molar-refractivity contribution in [1.82, 2.24) is 5.32 Å². The molecule has 142 valence electrons. The van der Waals surface area contributed by atoms with E-state index in [1.54, 1.807) is 0 Å². The largest absolute Gasteiger partial charge is 0.449 e. The van der Waals surface area contributed by atoms with Crippen LogP contribution in [0.3, 0.4) is 0 Å². The van der Waals surface area contributed by atoms with E-state index < -0.39 is 6.09 Å². The number of nitrogens with one attached hydrogen (secondary N) is 1. The highest BCUT2D eigenvalue weighted by Gasteiger charge is 2.28. The Kier molecular flexibility index (Phi) is 5.55. The van der Waals surface area contributed by atoms with Crippen molar-refractivity contribution in [1.29, 1.82) is 0 Å². The molecule has 4 nitrogen and oxygen atoms in total. The number of carbonyl (C=O) groups is 1. The SMILES string of the molecule is O=C(NCC=Cc1ccc(CO)s1)OCC1c2ccccc2-c2ccccc21. The summed E-state index contributed by atoms with van der Waals surface area (Å²) in [5.41, 5.74) is 4.84. The molecular formula is C23H21NO3S. The quantitative estimate of drug-likeness (QED) is 0.635. The first-order chi connectivity index (χ1) is 13.8. The Bertz CT molecular complexity index is 963. The lowest BCUT2D eigenvalue weighted by atomic mass is 9.98. The smallest absolute Gasteiger partial charge is 0.407 e. The number of carbonyl (C=O) groups excluding carboxylic acids is 1. The van der Waals surface area contributed by atoms with E-state index in [-0.39, 0.29) is 12.5 Å². The number of fused-ring (bicyclic) bond motifs is 3. The van der Waals surface area contributed by atoms with Crippen LogP contribution in [0.2, 0.25) is 0 Å². The molecule has 0 radical (unpaired) electrons. The Labute approximate surface area is 168 Å². The van der Waals surface area contributed by atoms with Gasteiger partial charge in [0, 0.05) is 22.2 Å². The van der Waals surface area contributed by atoms with Crippen LogP contribution in [0.4, 0.5) is 4.79 Å². The van der Waals surface area contributed by atoms with Gasteiger partial charge in [-0.05, 0) is 40.5 Å². The summed E-state index contributed by atoms with van der Waals surface area (Å²) in [5, 5.41) is 11.8. The molecule has 1 amide bonds. The van der Waals surface area contributed by atoms with Crippen molar-refractivity contribution in [2.75, 3.05) is 13.2 Å². The third-order valence-corrected chi connectivity index (χ3v) is 5.86. The molecule has 0 fully saturated rings. The van der Waals surface area contributed by atoms with E-state index in [1.165, 1.54) is 33.6 Å². The summed E-state index contributed by atoms with van der Waals surface area (Å²) in [6.07, 6.45) is 3.37. The molecule has 5 heteroatoms. The Morgan fingerprint density at radius 3 is 2.36 bits per heavy atom. The topological polar surface area (TPSA) is 58.6 Å². The minimum atomic E-state index is -0.422. The fourth-order valence-electron chi connectivity index (χ4n) is 3.54.